The second-order valence-corrected chi connectivity index (χ2v) is 7.71. The van der Waals surface area contributed by atoms with Crippen molar-refractivity contribution in [3.8, 4) is 17.1 Å². The van der Waals surface area contributed by atoms with Gasteiger partial charge in [-0.25, -0.2) is 0 Å². The first kappa shape index (κ1) is 22.7. The number of nitrogens with two attached hydrogens (primary N) is 1. The van der Waals surface area contributed by atoms with Gasteiger partial charge in [-0.1, -0.05) is 5.16 Å². The van der Waals surface area contributed by atoms with Crippen LogP contribution in [-0.4, -0.2) is 59.6 Å². The number of rotatable bonds is 11. The maximum atomic E-state index is 12.1. The summed E-state index contributed by atoms with van der Waals surface area (Å²) in [6.45, 7) is 5.69. The molecular weight excluding hydrogens is 398 g/mol. The summed E-state index contributed by atoms with van der Waals surface area (Å²) in [6.07, 6.45) is 3.38. The molecule has 1 unspecified atom stereocenters. The number of carbonyl (C=O) groups excluding carboxylic acids is 2. The fourth-order valence-corrected chi connectivity index (χ4v) is 3.67. The Morgan fingerprint density at radius 2 is 2.13 bits per heavy atom. The van der Waals surface area contributed by atoms with Gasteiger partial charge in [0.2, 0.25) is 23.5 Å². The fraction of sp³-hybridized carbons (Fsp3) is 0.545. The Morgan fingerprint density at radius 1 is 1.32 bits per heavy atom. The second kappa shape index (κ2) is 11.5. The summed E-state index contributed by atoms with van der Waals surface area (Å²) in [5.74, 6) is 1.41. The number of primary amides is 1. The molecular formula is C22H31N5O4. The van der Waals surface area contributed by atoms with E-state index >= 15 is 0 Å². The molecule has 168 valence electrons. The van der Waals surface area contributed by atoms with Crippen molar-refractivity contribution in [2.75, 3.05) is 32.8 Å². The minimum absolute atomic E-state index is 0.0468. The van der Waals surface area contributed by atoms with Gasteiger partial charge in [-0.2, -0.15) is 4.98 Å². The van der Waals surface area contributed by atoms with E-state index in [9.17, 15) is 9.59 Å². The lowest BCUT2D eigenvalue weighted by Gasteiger charge is -2.31. The Morgan fingerprint density at radius 3 is 2.87 bits per heavy atom. The highest BCUT2D eigenvalue weighted by atomic mass is 16.5. The summed E-state index contributed by atoms with van der Waals surface area (Å²) >= 11 is 0. The van der Waals surface area contributed by atoms with Gasteiger partial charge in [-0.3, -0.25) is 9.59 Å². The number of hydrogen-bond donors (Lipinski definition) is 2. The lowest BCUT2D eigenvalue weighted by molar-refractivity contribution is -0.123. The Bertz CT molecular complexity index is 852. The molecule has 3 rings (SSSR count). The summed E-state index contributed by atoms with van der Waals surface area (Å²) in [6, 6.07) is 7.47. The molecule has 0 aliphatic carbocycles. The van der Waals surface area contributed by atoms with Gasteiger partial charge in [-0.05, 0) is 63.5 Å². The predicted octanol–water partition coefficient (Wildman–Crippen LogP) is 1.77. The van der Waals surface area contributed by atoms with Crippen LogP contribution in [0.5, 0.6) is 5.75 Å². The summed E-state index contributed by atoms with van der Waals surface area (Å²) < 4.78 is 10.7. The number of piperidine rings is 1. The monoisotopic (exact) mass is 429 g/mol. The van der Waals surface area contributed by atoms with Crippen LogP contribution >= 0.6 is 0 Å². The SMILES string of the molecule is CCOc1ccc(-c2noc(CCC(=O)NCCCN3CCCC(C(N)=O)C3)n2)cc1. The molecule has 0 radical (unpaired) electrons. The second-order valence-electron chi connectivity index (χ2n) is 7.71. The molecule has 0 saturated carbocycles. The van der Waals surface area contributed by atoms with E-state index in [0.717, 1.165) is 50.2 Å². The average molecular weight is 430 g/mol. The topological polar surface area (TPSA) is 124 Å². The molecule has 9 nitrogen and oxygen atoms in total. The van der Waals surface area contributed by atoms with Crippen LogP contribution in [0.2, 0.25) is 0 Å². The van der Waals surface area contributed by atoms with Crippen molar-refractivity contribution in [2.24, 2.45) is 11.7 Å². The molecule has 0 bridgehead atoms. The standard InChI is InChI=1S/C22H31N5O4/c1-2-30-18-8-6-16(7-9-18)22-25-20(31-26-22)11-10-19(28)24-12-4-14-27-13-3-5-17(15-27)21(23)29/h6-9,17H,2-5,10-15H2,1H3,(H2,23,29)(H,24,28). The van der Waals surface area contributed by atoms with Crippen LogP contribution in [0.4, 0.5) is 0 Å². The van der Waals surface area contributed by atoms with Crippen LogP contribution in [0.1, 0.15) is 38.5 Å². The van der Waals surface area contributed by atoms with Crippen LogP contribution in [-0.2, 0) is 16.0 Å². The predicted molar refractivity (Wildman–Crippen MR) is 115 cm³/mol. The van der Waals surface area contributed by atoms with Crippen molar-refractivity contribution in [3.05, 3.63) is 30.2 Å². The first-order valence-corrected chi connectivity index (χ1v) is 10.9. The van der Waals surface area contributed by atoms with Crippen molar-refractivity contribution in [1.82, 2.24) is 20.4 Å². The van der Waals surface area contributed by atoms with Gasteiger partial charge in [0.25, 0.3) is 0 Å². The first-order chi connectivity index (χ1) is 15.0. The van der Waals surface area contributed by atoms with Crippen LogP contribution < -0.4 is 15.8 Å². The van der Waals surface area contributed by atoms with Crippen molar-refractivity contribution >= 4 is 11.8 Å². The number of nitrogens with one attached hydrogen (secondary N) is 1. The number of ether oxygens (including phenoxy) is 1. The summed E-state index contributed by atoms with van der Waals surface area (Å²) in [5, 5.41) is 6.91. The number of hydrogen-bond acceptors (Lipinski definition) is 7. The van der Waals surface area contributed by atoms with Gasteiger partial charge in [0.15, 0.2) is 0 Å². The quantitative estimate of drug-likeness (QED) is 0.522. The van der Waals surface area contributed by atoms with Crippen molar-refractivity contribution in [2.45, 2.75) is 39.0 Å². The van der Waals surface area contributed by atoms with Gasteiger partial charge in [0, 0.05) is 31.5 Å². The third-order valence-corrected chi connectivity index (χ3v) is 5.34. The van der Waals surface area contributed by atoms with Gasteiger partial charge < -0.3 is 25.2 Å². The van der Waals surface area contributed by atoms with E-state index in [-0.39, 0.29) is 17.7 Å². The van der Waals surface area contributed by atoms with Crippen LogP contribution in [0.3, 0.4) is 0 Å². The molecule has 0 spiro atoms. The molecule has 1 aliphatic heterocycles. The van der Waals surface area contributed by atoms with E-state index in [4.69, 9.17) is 15.0 Å². The smallest absolute Gasteiger partial charge is 0.227 e. The zero-order valence-electron chi connectivity index (χ0n) is 18.0. The summed E-state index contributed by atoms with van der Waals surface area (Å²) in [4.78, 5) is 30.0. The lowest BCUT2D eigenvalue weighted by Crippen LogP contribution is -2.42. The number of amides is 2. The molecule has 31 heavy (non-hydrogen) atoms. The number of aromatic nitrogens is 2. The maximum Gasteiger partial charge on any atom is 0.227 e. The number of nitrogens with zero attached hydrogens (tertiary/aromatic N) is 3. The highest BCUT2D eigenvalue weighted by Crippen LogP contribution is 2.20. The van der Waals surface area contributed by atoms with E-state index in [1.54, 1.807) is 0 Å². The number of likely N-dealkylation sites (tertiary alicyclic amines) is 1. The lowest BCUT2D eigenvalue weighted by atomic mass is 9.97. The normalized spacial score (nSPS) is 16.7. The van der Waals surface area contributed by atoms with Crippen LogP contribution in [0.15, 0.2) is 28.8 Å². The highest BCUT2D eigenvalue weighted by molar-refractivity contribution is 5.77. The molecule has 1 saturated heterocycles. The minimum Gasteiger partial charge on any atom is -0.494 e. The third-order valence-electron chi connectivity index (χ3n) is 5.34. The van der Waals surface area contributed by atoms with Gasteiger partial charge in [-0.15, -0.1) is 0 Å². The van der Waals surface area contributed by atoms with E-state index in [0.29, 0.717) is 37.7 Å². The zero-order chi connectivity index (χ0) is 22.1. The fourth-order valence-electron chi connectivity index (χ4n) is 3.67. The largest absolute Gasteiger partial charge is 0.494 e. The Balaban J connectivity index is 1.34. The molecule has 2 amide bonds. The summed E-state index contributed by atoms with van der Waals surface area (Å²) in [7, 11) is 0. The maximum absolute atomic E-state index is 12.1. The van der Waals surface area contributed by atoms with Crippen molar-refractivity contribution in [1.29, 1.82) is 0 Å². The van der Waals surface area contributed by atoms with Gasteiger partial charge in [0.05, 0.1) is 12.5 Å². The van der Waals surface area contributed by atoms with E-state index in [2.05, 4.69) is 20.4 Å². The molecule has 9 heteroatoms. The molecule has 1 aromatic heterocycles. The third kappa shape index (κ3) is 7.06. The first-order valence-electron chi connectivity index (χ1n) is 10.9. The minimum atomic E-state index is -0.218. The number of benzene rings is 1. The van der Waals surface area contributed by atoms with Crippen molar-refractivity contribution < 1.29 is 18.8 Å². The average Bonchev–Trinajstić information content (AvgIpc) is 3.25. The molecule has 2 heterocycles. The molecule has 3 N–H and O–H groups in total. The Labute approximate surface area is 182 Å². The zero-order valence-corrected chi connectivity index (χ0v) is 18.0. The van der Waals surface area contributed by atoms with Gasteiger partial charge in [0.1, 0.15) is 5.75 Å². The van der Waals surface area contributed by atoms with E-state index < -0.39 is 0 Å². The number of aryl methyl sites for hydroxylation is 1. The molecule has 1 atom stereocenters. The summed E-state index contributed by atoms with van der Waals surface area (Å²) in [5.41, 5.74) is 6.24. The van der Waals surface area contributed by atoms with Crippen molar-refractivity contribution in [3.63, 3.8) is 0 Å². The van der Waals surface area contributed by atoms with E-state index in [1.165, 1.54) is 0 Å². The number of carbonyl (C=O) groups is 2. The van der Waals surface area contributed by atoms with Crippen LogP contribution in [0.25, 0.3) is 11.4 Å². The molecule has 1 aromatic carbocycles. The molecule has 2 aromatic rings. The molecule has 1 aliphatic rings. The Kier molecular flexibility index (Phi) is 8.40. The van der Waals surface area contributed by atoms with Gasteiger partial charge >= 0.3 is 0 Å². The highest BCUT2D eigenvalue weighted by Gasteiger charge is 2.23. The van der Waals surface area contributed by atoms with E-state index in [1.807, 2.05) is 31.2 Å². The van der Waals surface area contributed by atoms with Crippen LogP contribution in [0, 0.1) is 5.92 Å². The molecule has 1 fully saturated rings. The Hall–Kier alpha value is -2.94.